The van der Waals surface area contributed by atoms with E-state index in [1.807, 2.05) is 31.4 Å². The van der Waals surface area contributed by atoms with Crippen LogP contribution in [0.3, 0.4) is 0 Å². The summed E-state index contributed by atoms with van der Waals surface area (Å²) in [7, 11) is 8.20. The number of likely N-dealkylation sites (N-methyl/N-ethyl adjacent to an activating group) is 1. The van der Waals surface area contributed by atoms with Gasteiger partial charge in [-0.2, -0.15) is 0 Å². The summed E-state index contributed by atoms with van der Waals surface area (Å²) in [6.45, 7) is 3.98. The van der Waals surface area contributed by atoms with Crippen LogP contribution in [0.25, 0.3) is 0 Å². The summed E-state index contributed by atoms with van der Waals surface area (Å²) in [5.41, 5.74) is 0. The Morgan fingerprint density at radius 2 is 2.04 bits per heavy atom. The minimum atomic E-state index is 0.440. The van der Waals surface area contributed by atoms with Crippen LogP contribution in [-0.2, 0) is 6.54 Å². The third kappa shape index (κ3) is 4.28. The number of hydrogen-bond acceptors (Lipinski definition) is 6. The van der Waals surface area contributed by atoms with Crippen LogP contribution >= 0.6 is 0 Å². The van der Waals surface area contributed by atoms with Gasteiger partial charge in [0.2, 0.25) is 0 Å². The molecule has 0 spiro atoms. The Morgan fingerprint density at radius 3 is 2.80 bits per heavy atom. The van der Waals surface area contributed by atoms with Crippen molar-refractivity contribution in [1.82, 2.24) is 24.4 Å². The van der Waals surface area contributed by atoms with Gasteiger partial charge in [0.05, 0.1) is 12.4 Å². The minimum absolute atomic E-state index is 0.440. The van der Waals surface area contributed by atoms with Gasteiger partial charge in [0.25, 0.3) is 0 Å². The summed E-state index contributed by atoms with van der Waals surface area (Å²) >= 11 is 0. The van der Waals surface area contributed by atoms with Crippen molar-refractivity contribution in [3.05, 3.63) is 30.6 Å². The Hall–Kier alpha value is -2.15. The molecule has 0 unspecified atom stereocenters. The van der Waals surface area contributed by atoms with Crippen LogP contribution in [0, 0.1) is 0 Å². The zero-order chi connectivity index (χ0) is 17.8. The van der Waals surface area contributed by atoms with E-state index in [2.05, 4.69) is 44.6 Å². The van der Waals surface area contributed by atoms with Gasteiger partial charge in [0.1, 0.15) is 17.5 Å². The fourth-order valence-electron chi connectivity index (χ4n) is 3.29. The lowest BCUT2D eigenvalue weighted by Gasteiger charge is -2.33. The van der Waals surface area contributed by atoms with Gasteiger partial charge in [0.15, 0.2) is 0 Å². The van der Waals surface area contributed by atoms with Crippen LogP contribution < -0.4 is 9.80 Å². The molecule has 1 atom stereocenters. The first-order chi connectivity index (χ1) is 12.0. The normalized spacial score (nSPS) is 18.0. The Bertz CT molecular complexity index is 680. The number of rotatable bonds is 6. The smallest absolute Gasteiger partial charge is 0.149 e. The van der Waals surface area contributed by atoms with E-state index >= 15 is 0 Å². The molecule has 1 aliphatic heterocycles. The lowest BCUT2D eigenvalue weighted by atomic mass is 9.97. The Kier molecular flexibility index (Phi) is 5.53. The highest BCUT2D eigenvalue weighted by Crippen LogP contribution is 2.28. The molecule has 0 aromatic carbocycles. The summed E-state index contributed by atoms with van der Waals surface area (Å²) in [4.78, 5) is 20.3. The molecule has 7 heteroatoms. The van der Waals surface area contributed by atoms with E-state index in [1.54, 1.807) is 6.20 Å². The fraction of sp³-hybridized carbons (Fsp3) is 0.611. The molecule has 0 bridgehead atoms. The second-order valence-corrected chi connectivity index (χ2v) is 7.20. The van der Waals surface area contributed by atoms with E-state index in [1.165, 1.54) is 12.2 Å². The van der Waals surface area contributed by atoms with Crippen LogP contribution in [0.1, 0.15) is 24.6 Å². The maximum atomic E-state index is 4.75. The van der Waals surface area contributed by atoms with E-state index in [-0.39, 0.29) is 0 Å². The largest absolute Gasteiger partial charge is 0.361 e. The number of imidazole rings is 1. The molecule has 1 fully saturated rings. The Labute approximate surface area is 150 Å². The maximum absolute atomic E-state index is 4.75. The highest BCUT2D eigenvalue weighted by atomic mass is 15.2. The molecule has 25 heavy (non-hydrogen) atoms. The van der Waals surface area contributed by atoms with E-state index in [0.717, 1.165) is 44.2 Å². The van der Waals surface area contributed by atoms with Gasteiger partial charge in [-0.25, -0.2) is 9.97 Å². The summed E-state index contributed by atoms with van der Waals surface area (Å²) in [6.07, 6.45) is 10.0. The lowest BCUT2D eigenvalue weighted by molar-refractivity contribution is 0.373. The number of hydrogen-bond donors (Lipinski definition) is 0. The quantitative estimate of drug-likeness (QED) is 0.795. The van der Waals surface area contributed by atoms with Crippen molar-refractivity contribution >= 4 is 11.6 Å². The van der Waals surface area contributed by atoms with Gasteiger partial charge < -0.3 is 19.3 Å². The molecule has 2 aromatic heterocycles. The predicted octanol–water partition coefficient (Wildman–Crippen LogP) is 1.68. The Balaban J connectivity index is 1.74. The van der Waals surface area contributed by atoms with Crippen molar-refractivity contribution < 1.29 is 0 Å². The van der Waals surface area contributed by atoms with Crippen molar-refractivity contribution in [2.45, 2.75) is 25.3 Å². The number of piperidine rings is 1. The zero-order valence-electron chi connectivity index (χ0n) is 15.8. The van der Waals surface area contributed by atoms with Crippen molar-refractivity contribution in [3.8, 4) is 0 Å². The first-order valence-electron chi connectivity index (χ1n) is 8.94. The highest BCUT2D eigenvalue weighted by molar-refractivity contribution is 5.45. The second kappa shape index (κ2) is 7.82. The molecule has 1 aliphatic rings. The van der Waals surface area contributed by atoms with Gasteiger partial charge in [-0.3, -0.25) is 4.98 Å². The fourth-order valence-corrected chi connectivity index (χ4v) is 3.29. The average molecular weight is 343 g/mol. The van der Waals surface area contributed by atoms with Gasteiger partial charge in [-0.1, -0.05) is 0 Å². The van der Waals surface area contributed by atoms with Gasteiger partial charge in [-0.05, 0) is 26.9 Å². The molecule has 0 N–H and O–H groups in total. The third-order valence-electron chi connectivity index (χ3n) is 4.71. The van der Waals surface area contributed by atoms with Crippen LogP contribution in [0.2, 0.25) is 0 Å². The first kappa shape index (κ1) is 17.7. The monoisotopic (exact) mass is 343 g/mol. The summed E-state index contributed by atoms with van der Waals surface area (Å²) in [5.74, 6) is 3.49. The van der Waals surface area contributed by atoms with E-state index in [4.69, 9.17) is 4.98 Å². The molecule has 7 nitrogen and oxygen atoms in total. The average Bonchev–Trinajstić information content (AvgIpc) is 3.09. The van der Waals surface area contributed by atoms with Crippen LogP contribution in [0.5, 0.6) is 0 Å². The standard InChI is InChI=1S/C18H29N7/c1-22(2)10-11-24-9-7-20-18(24)15-6-5-8-25(14-15)17-13-19-12-16(21-17)23(3)4/h7,9,12-13,15H,5-6,8,10-11,14H2,1-4H3/t15-/m1/s1. The molecule has 136 valence electrons. The number of aromatic nitrogens is 4. The van der Waals surface area contributed by atoms with Crippen LogP contribution in [-0.4, -0.2) is 72.2 Å². The molecule has 3 rings (SSSR count). The van der Waals surface area contributed by atoms with E-state index < -0.39 is 0 Å². The van der Waals surface area contributed by atoms with E-state index in [9.17, 15) is 0 Å². The number of nitrogens with zero attached hydrogens (tertiary/aromatic N) is 7. The van der Waals surface area contributed by atoms with Gasteiger partial charge in [-0.15, -0.1) is 0 Å². The third-order valence-corrected chi connectivity index (χ3v) is 4.71. The van der Waals surface area contributed by atoms with Crippen LogP contribution in [0.15, 0.2) is 24.8 Å². The Morgan fingerprint density at radius 1 is 1.20 bits per heavy atom. The molecular weight excluding hydrogens is 314 g/mol. The predicted molar refractivity (Wildman–Crippen MR) is 101 cm³/mol. The molecule has 2 aromatic rings. The van der Waals surface area contributed by atoms with Crippen molar-refractivity contribution in [2.24, 2.45) is 0 Å². The first-order valence-corrected chi connectivity index (χ1v) is 8.94. The van der Waals surface area contributed by atoms with Gasteiger partial charge >= 0.3 is 0 Å². The minimum Gasteiger partial charge on any atom is -0.361 e. The summed E-state index contributed by atoms with van der Waals surface area (Å²) < 4.78 is 2.30. The van der Waals surface area contributed by atoms with Crippen molar-refractivity contribution in [3.63, 3.8) is 0 Å². The molecule has 1 saturated heterocycles. The molecular formula is C18H29N7. The molecule has 3 heterocycles. The van der Waals surface area contributed by atoms with Crippen molar-refractivity contribution in [2.75, 3.05) is 57.6 Å². The van der Waals surface area contributed by atoms with Crippen molar-refractivity contribution in [1.29, 1.82) is 0 Å². The zero-order valence-corrected chi connectivity index (χ0v) is 15.8. The summed E-state index contributed by atoms with van der Waals surface area (Å²) in [5, 5.41) is 0. The SMILES string of the molecule is CN(C)CCn1ccnc1[C@@H]1CCCN(c2cncc(N(C)C)n2)C1. The lowest BCUT2D eigenvalue weighted by Crippen LogP contribution is -2.36. The topological polar surface area (TPSA) is 53.3 Å². The second-order valence-electron chi connectivity index (χ2n) is 7.20. The molecule has 0 aliphatic carbocycles. The maximum Gasteiger partial charge on any atom is 0.149 e. The molecule has 0 amide bonds. The number of anilines is 2. The molecule has 0 saturated carbocycles. The van der Waals surface area contributed by atoms with Gasteiger partial charge in [0, 0.05) is 58.6 Å². The highest BCUT2D eigenvalue weighted by Gasteiger charge is 2.25. The van der Waals surface area contributed by atoms with E-state index in [0.29, 0.717) is 5.92 Å². The molecule has 0 radical (unpaired) electrons. The van der Waals surface area contributed by atoms with Crippen LogP contribution in [0.4, 0.5) is 11.6 Å². The summed E-state index contributed by atoms with van der Waals surface area (Å²) in [6, 6.07) is 0.